The maximum Gasteiger partial charge on any atom is 0.354 e. The molecule has 0 atom stereocenters. The van der Waals surface area contributed by atoms with Crippen molar-refractivity contribution in [1.82, 2.24) is 4.98 Å². The summed E-state index contributed by atoms with van der Waals surface area (Å²) in [5, 5.41) is 8.80. The van der Waals surface area contributed by atoms with Crippen molar-refractivity contribution in [2.45, 2.75) is 0 Å². The van der Waals surface area contributed by atoms with Gasteiger partial charge in [0.15, 0.2) is 0 Å². The van der Waals surface area contributed by atoms with Gasteiger partial charge in [0.05, 0.1) is 5.69 Å². The van der Waals surface area contributed by atoms with Gasteiger partial charge in [-0.1, -0.05) is 24.3 Å². The van der Waals surface area contributed by atoms with Crippen molar-refractivity contribution < 1.29 is 14.3 Å². The summed E-state index contributed by atoms with van der Waals surface area (Å²) < 4.78 is 12.7. The van der Waals surface area contributed by atoms with Crippen molar-refractivity contribution in [2.24, 2.45) is 0 Å². The average Bonchev–Trinajstić information content (AvgIpc) is 2.38. The van der Waals surface area contributed by atoms with Crippen molar-refractivity contribution >= 4 is 18.1 Å². The quantitative estimate of drug-likeness (QED) is 0.901. The van der Waals surface area contributed by atoms with Gasteiger partial charge < -0.3 is 5.11 Å². The Balaban J connectivity index is 2.20. The fourth-order valence-electron chi connectivity index (χ4n) is 1.42. The van der Waals surface area contributed by atoms with E-state index in [1.54, 1.807) is 36.4 Å². The Labute approximate surface area is 103 Å². The number of hydrogen-bond donors (Lipinski definition) is 1. The molecule has 18 heavy (non-hydrogen) atoms. The van der Waals surface area contributed by atoms with Crippen LogP contribution in [0.5, 0.6) is 0 Å². The number of hydrogen-bond acceptors (Lipinski definition) is 2. The van der Waals surface area contributed by atoms with E-state index in [0.29, 0.717) is 5.69 Å². The summed E-state index contributed by atoms with van der Waals surface area (Å²) >= 11 is 0. The van der Waals surface area contributed by atoms with Crippen LogP contribution < -0.4 is 0 Å². The molecule has 0 amide bonds. The van der Waals surface area contributed by atoms with Crippen molar-refractivity contribution in [2.75, 3.05) is 0 Å². The largest absolute Gasteiger partial charge is 0.477 e. The lowest BCUT2D eigenvalue weighted by Crippen LogP contribution is -2.00. The summed E-state index contributed by atoms with van der Waals surface area (Å²) in [7, 11) is 0. The number of carboxylic acid groups (broad SMARTS) is 1. The third kappa shape index (κ3) is 3.01. The molecule has 0 bridgehead atoms. The third-order valence-corrected chi connectivity index (χ3v) is 2.31. The lowest BCUT2D eigenvalue weighted by Gasteiger charge is -1.96. The molecule has 0 radical (unpaired) electrons. The van der Waals surface area contributed by atoms with Gasteiger partial charge in [-0.15, -0.1) is 0 Å². The van der Waals surface area contributed by atoms with Gasteiger partial charge in [-0.05, 0) is 35.9 Å². The van der Waals surface area contributed by atoms with Gasteiger partial charge in [0.25, 0.3) is 0 Å². The lowest BCUT2D eigenvalue weighted by atomic mass is 10.2. The zero-order valence-corrected chi connectivity index (χ0v) is 9.38. The van der Waals surface area contributed by atoms with Gasteiger partial charge in [-0.25, -0.2) is 14.2 Å². The molecule has 1 aromatic heterocycles. The first-order valence-corrected chi connectivity index (χ1v) is 5.29. The topological polar surface area (TPSA) is 50.2 Å². The van der Waals surface area contributed by atoms with Crippen LogP contribution in [0.3, 0.4) is 0 Å². The second kappa shape index (κ2) is 5.23. The highest BCUT2D eigenvalue weighted by atomic mass is 19.1. The van der Waals surface area contributed by atoms with E-state index in [0.717, 1.165) is 5.56 Å². The molecule has 1 heterocycles. The molecule has 0 fully saturated rings. The van der Waals surface area contributed by atoms with Crippen LogP contribution in [0.2, 0.25) is 0 Å². The molecule has 0 aliphatic heterocycles. The minimum atomic E-state index is -1.06. The average molecular weight is 243 g/mol. The minimum Gasteiger partial charge on any atom is -0.477 e. The molecule has 2 rings (SSSR count). The molecule has 0 aliphatic rings. The predicted octanol–water partition coefficient (Wildman–Crippen LogP) is 3.09. The number of nitrogens with zero attached hydrogens (tertiary/aromatic N) is 1. The Hall–Kier alpha value is -2.49. The van der Waals surface area contributed by atoms with E-state index in [2.05, 4.69) is 4.98 Å². The predicted molar refractivity (Wildman–Crippen MR) is 66.5 cm³/mol. The number of benzene rings is 1. The lowest BCUT2D eigenvalue weighted by molar-refractivity contribution is 0.0690. The van der Waals surface area contributed by atoms with Crippen LogP contribution in [0.25, 0.3) is 12.2 Å². The monoisotopic (exact) mass is 243 g/mol. The first-order chi connectivity index (χ1) is 8.65. The van der Waals surface area contributed by atoms with Gasteiger partial charge in [-0.2, -0.15) is 0 Å². The van der Waals surface area contributed by atoms with Crippen molar-refractivity contribution in [3.05, 3.63) is 65.2 Å². The van der Waals surface area contributed by atoms with E-state index >= 15 is 0 Å². The molecule has 0 spiro atoms. The summed E-state index contributed by atoms with van der Waals surface area (Å²) in [4.78, 5) is 14.7. The van der Waals surface area contributed by atoms with E-state index in [1.165, 1.54) is 18.2 Å². The van der Waals surface area contributed by atoms with Gasteiger partial charge in [0, 0.05) is 0 Å². The molecule has 0 aliphatic carbocycles. The van der Waals surface area contributed by atoms with Crippen LogP contribution >= 0.6 is 0 Å². The Morgan fingerprint density at radius 1 is 1.11 bits per heavy atom. The van der Waals surface area contributed by atoms with Crippen LogP contribution in [0, 0.1) is 5.82 Å². The van der Waals surface area contributed by atoms with E-state index in [9.17, 15) is 9.18 Å². The molecule has 0 unspecified atom stereocenters. The molecular weight excluding hydrogens is 233 g/mol. The van der Waals surface area contributed by atoms with Crippen molar-refractivity contribution in [1.29, 1.82) is 0 Å². The highest BCUT2D eigenvalue weighted by molar-refractivity contribution is 5.85. The second-order valence-electron chi connectivity index (χ2n) is 3.64. The van der Waals surface area contributed by atoms with Crippen LogP contribution in [0.1, 0.15) is 21.7 Å². The fourth-order valence-corrected chi connectivity index (χ4v) is 1.42. The molecule has 2 aromatic rings. The molecule has 1 N–H and O–H groups in total. The zero-order valence-electron chi connectivity index (χ0n) is 9.38. The number of pyridine rings is 1. The SMILES string of the molecule is O=C(O)c1cccc(/C=C/c2ccc(F)cc2)n1. The highest BCUT2D eigenvalue weighted by Crippen LogP contribution is 2.08. The van der Waals surface area contributed by atoms with Crippen LogP contribution in [-0.2, 0) is 0 Å². The van der Waals surface area contributed by atoms with E-state index < -0.39 is 5.97 Å². The Morgan fingerprint density at radius 3 is 2.50 bits per heavy atom. The molecule has 0 saturated carbocycles. The second-order valence-corrected chi connectivity index (χ2v) is 3.64. The number of rotatable bonds is 3. The first kappa shape index (κ1) is 12.0. The standard InChI is InChI=1S/C14H10FNO2/c15-11-7-4-10(5-8-11)6-9-12-2-1-3-13(16-12)14(17)18/h1-9H,(H,17,18)/b9-6+. The van der Waals surface area contributed by atoms with Gasteiger partial charge >= 0.3 is 5.97 Å². The summed E-state index contributed by atoms with van der Waals surface area (Å²) in [5.74, 6) is -1.36. The third-order valence-electron chi connectivity index (χ3n) is 2.31. The van der Waals surface area contributed by atoms with Gasteiger partial charge in [-0.3, -0.25) is 0 Å². The highest BCUT2D eigenvalue weighted by Gasteiger charge is 2.02. The van der Waals surface area contributed by atoms with Crippen molar-refractivity contribution in [3.8, 4) is 0 Å². The fraction of sp³-hybridized carbons (Fsp3) is 0. The molecule has 3 nitrogen and oxygen atoms in total. The normalized spacial score (nSPS) is 10.7. The zero-order chi connectivity index (χ0) is 13.0. The van der Waals surface area contributed by atoms with Gasteiger partial charge in [0.2, 0.25) is 0 Å². The van der Waals surface area contributed by atoms with Gasteiger partial charge in [0.1, 0.15) is 11.5 Å². The number of carboxylic acids is 1. The summed E-state index contributed by atoms with van der Waals surface area (Å²) in [5.41, 5.74) is 1.36. The van der Waals surface area contributed by atoms with E-state index in [-0.39, 0.29) is 11.5 Å². The Morgan fingerprint density at radius 2 is 1.83 bits per heavy atom. The van der Waals surface area contributed by atoms with E-state index in [1.807, 2.05) is 0 Å². The Bertz CT molecular complexity index is 591. The molecular formula is C14H10FNO2. The molecule has 0 saturated heterocycles. The molecule has 90 valence electrons. The molecule has 4 heteroatoms. The summed E-state index contributed by atoms with van der Waals surface area (Å²) in [6, 6.07) is 10.7. The number of aromatic nitrogens is 1. The smallest absolute Gasteiger partial charge is 0.354 e. The van der Waals surface area contributed by atoms with E-state index in [4.69, 9.17) is 5.11 Å². The van der Waals surface area contributed by atoms with Crippen LogP contribution in [0.15, 0.2) is 42.5 Å². The summed E-state index contributed by atoms with van der Waals surface area (Å²) in [6.07, 6.45) is 3.42. The number of halogens is 1. The summed E-state index contributed by atoms with van der Waals surface area (Å²) in [6.45, 7) is 0. The molecule has 1 aromatic carbocycles. The maximum absolute atomic E-state index is 12.7. The number of aromatic carboxylic acids is 1. The Kier molecular flexibility index (Phi) is 3.48. The maximum atomic E-state index is 12.7. The van der Waals surface area contributed by atoms with Crippen molar-refractivity contribution in [3.63, 3.8) is 0 Å². The number of carbonyl (C=O) groups is 1. The van der Waals surface area contributed by atoms with Crippen LogP contribution in [0.4, 0.5) is 4.39 Å². The first-order valence-electron chi connectivity index (χ1n) is 5.29. The minimum absolute atomic E-state index is 0.00347. The van der Waals surface area contributed by atoms with Crippen LogP contribution in [-0.4, -0.2) is 16.1 Å².